The fourth-order valence-electron chi connectivity index (χ4n) is 3.55. The Morgan fingerprint density at radius 3 is 2.62 bits per heavy atom. The van der Waals surface area contributed by atoms with E-state index in [9.17, 15) is 13.2 Å². The molecule has 0 unspecified atom stereocenters. The molecule has 0 amide bonds. The molecule has 2 heterocycles. The Hall–Kier alpha value is -3.08. The van der Waals surface area contributed by atoms with Crippen molar-refractivity contribution in [1.29, 1.82) is 0 Å². The fraction of sp³-hybridized carbons (Fsp3) is 0.238. The zero-order valence-electron chi connectivity index (χ0n) is 17.3. The number of carbonyl (C=O) groups is 1. The molecule has 32 heavy (non-hydrogen) atoms. The van der Waals surface area contributed by atoms with Gasteiger partial charge in [0, 0.05) is 17.6 Å². The fourth-order valence-corrected chi connectivity index (χ4v) is 5.45. The quantitative estimate of drug-likeness (QED) is 0.501. The summed E-state index contributed by atoms with van der Waals surface area (Å²) in [6.45, 7) is 0.0753. The number of rotatable bonds is 6. The molecule has 168 valence electrons. The van der Waals surface area contributed by atoms with Gasteiger partial charge in [0.05, 0.1) is 38.2 Å². The van der Waals surface area contributed by atoms with Gasteiger partial charge < -0.3 is 14.0 Å². The lowest BCUT2D eigenvalue weighted by molar-refractivity contribution is 0.0554. The van der Waals surface area contributed by atoms with E-state index in [-0.39, 0.29) is 24.5 Å². The molecule has 4 rings (SSSR count). The van der Waals surface area contributed by atoms with Gasteiger partial charge in [0.15, 0.2) is 0 Å². The maximum atomic E-state index is 13.6. The first-order valence-electron chi connectivity index (χ1n) is 9.56. The molecular weight excluding hydrogens is 458 g/mol. The van der Waals surface area contributed by atoms with Gasteiger partial charge in [-0.25, -0.2) is 9.10 Å². The van der Waals surface area contributed by atoms with Crippen LogP contribution in [0.2, 0.25) is 5.02 Å². The van der Waals surface area contributed by atoms with E-state index >= 15 is 0 Å². The van der Waals surface area contributed by atoms with Crippen LogP contribution >= 0.6 is 11.6 Å². The lowest BCUT2D eigenvalue weighted by Crippen LogP contribution is -2.33. The molecule has 1 aromatic heterocycles. The minimum absolute atomic E-state index is 0.0760. The van der Waals surface area contributed by atoms with Gasteiger partial charge in [-0.15, -0.1) is 0 Å². The van der Waals surface area contributed by atoms with Crippen LogP contribution in [0.25, 0.3) is 0 Å². The van der Waals surface area contributed by atoms with E-state index in [2.05, 4.69) is 9.89 Å². The van der Waals surface area contributed by atoms with E-state index in [0.29, 0.717) is 16.5 Å². The van der Waals surface area contributed by atoms with Crippen molar-refractivity contribution < 1.29 is 27.2 Å². The number of benzene rings is 2. The molecule has 2 aromatic carbocycles. The predicted octanol–water partition coefficient (Wildman–Crippen LogP) is 3.43. The highest BCUT2D eigenvalue weighted by atomic mass is 35.5. The zero-order chi connectivity index (χ0) is 22.9. The van der Waals surface area contributed by atoms with Crippen molar-refractivity contribution in [3.63, 3.8) is 0 Å². The Balaban J connectivity index is 1.72. The van der Waals surface area contributed by atoms with E-state index < -0.39 is 22.2 Å². The highest BCUT2D eigenvalue weighted by molar-refractivity contribution is 7.90. The molecule has 3 aromatic rings. The molecule has 0 aliphatic carbocycles. The van der Waals surface area contributed by atoms with E-state index in [0.717, 1.165) is 5.56 Å². The second-order valence-corrected chi connectivity index (χ2v) is 9.28. The smallest absolute Gasteiger partial charge is 0.376 e. The number of methoxy groups -OCH3 is 2. The largest absolute Gasteiger partial charge is 0.497 e. The summed E-state index contributed by atoms with van der Waals surface area (Å²) in [5.74, 6) is -0.170. The summed E-state index contributed by atoms with van der Waals surface area (Å²) in [5, 5.41) is 4.31. The van der Waals surface area contributed by atoms with E-state index in [1.165, 1.54) is 21.8 Å². The molecule has 1 aliphatic heterocycles. The first-order valence-corrected chi connectivity index (χ1v) is 11.3. The van der Waals surface area contributed by atoms with Crippen LogP contribution in [0.5, 0.6) is 5.75 Å². The highest BCUT2D eigenvalue weighted by Crippen LogP contribution is 2.40. The molecule has 0 bridgehead atoms. The molecule has 11 heteroatoms. The molecule has 1 atom stereocenters. The maximum Gasteiger partial charge on any atom is 0.376 e. The van der Waals surface area contributed by atoms with Crippen LogP contribution < -0.4 is 9.04 Å². The second kappa shape index (κ2) is 8.81. The minimum Gasteiger partial charge on any atom is -0.497 e. The van der Waals surface area contributed by atoms with Gasteiger partial charge >= 0.3 is 16.2 Å². The summed E-state index contributed by atoms with van der Waals surface area (Å²) in [4.78, 5) is 11.6. The number of carbonyl (C=O) groups excluding carboxylic acids is 1. The topological polar surface area (TPSA) is 102 Å². The van der Waals surface area contributed by atoms with Crippen molar-refractivity contribution in [2.24, 2.45) is 0 Å². The van der Waals surface area contributed by atoms with Crippen LogP contribution in [-0.2, 0) is 21.5 Å². The van der Waals surface area contributed by atoms with Crippen LogP contribution in [-0.4, -0.2) is 44.6 Å². The third kappa shape index (κ3) is 4.16. The van der Waals surface area contributed by atoms with Crippen molar-refractivity contribution in [2.45, 2.75) is 12.6 Å². The van der Waals surface area contributed by atoms with Crippen molar-refractivity contribution in [3.8, 4) is 5.75 Å². The maximum absolute atomic E-state index is 13.6. The number of aromatic nitrogens is 1. The second-order valence-electron chi connectivity index (χ2n) is 7.04. The Bertz CT molecular complexity index is 1230. The molecule has 9 nitrogen and oxygen atoms in total. The summed E-state index contributed by atoms with van der Waals surface area (Å²) >= 11 is 6.01. The van der Waals surface area contributed by atoms with Gasteiger partial charge in [-0.3, -0.25) is 0 Å². The third-order valence-corrected chi connectivity index (χ3v) is 7.22. The number of halogens is 1. The Morgan fingerprint density at radius 2 is 1.94 bits per heavy atom. The molecule has 0 N–H and O–H groups in total. The first-order chi connectivity index (χ1) is 15.3. The van der Waals surface area contributed by atoms with E-state index in [1.54, 1.807) is 43.5 Å². The first kappa shape index (κ1) is 22.1. The van der Waals surface area contributed by atoms with Crippen LogP contribution in [0.15, 0.2) is 59.1 Å². The highest BCUT2D eigenvalue weighted by Gasteiger charge is 2.45. The number of ether oxygens (including phenoxy) is 2. The summed E-state index contributed by atoms with van der Waals surface area (Å²) in [6, 6.07) is 14.7. The van der Waals surface area contributed by atoms with Crippen LogP contribution in [0.4, 0.5) is 5.69 Å². The molecule has 0 radical (unpaired) electrons. The summed E-state index contributed by atoms with van der Waals surface area (Å²) in [6.07, 6.45) is 0. The molecule has 0 spiro atoms. The summed E-state index contributed by atoms with van der Waals surface area (Å²) in [7, 11) is -1.17. The molecule has 0 saturated carbocycles. The van der Waals surface area contributed by atoms with Crippen molar-refractivity contribution in [3.05, 3.63) is 76.6 Å². The average Bonchev–Trinajstić information content (AvgIpc) is 3.36. The Labute approximate surface area is 190 Å². The van der Waals surface area contributed by atoms with Gasteiger partial charge in [0.1, 0.15) is 5.75 Å². The average molecular weight is 478 g/mol. The van der Waals surface area contributed by atoms with Crippen molar-refractivity contribution >= 4 is 33.5 Å². The lowest BCUT2D eigenvalue weighted by atomic mass is 10.1. The van der Waals surface area contributed by atoms with E-state index in [4.69, 9.17) is 20.9 Å². The van der Waals surface area contributed by atoms with Gasteiger partial charge in [-0.2, -0.15) is 12.7 Å². The standard InChI is InChI=1S/C21H20ClN3O6S/c1-29-18-5-3-4-14(10-18)19-13-24(12-16-11-20(31-23-16)21(26)30-2)32(27,28)25(19)17-8-6-15(22)7-9-17/h3-11,19H,12-13H2,1-2H3/t19-/m1/s1. The van der Waals surface area contributed by atoms with E-state index in [1.807, 2.05) is 12.1 Å². The zero-order valence-corrected chi connectivity index (χ0v) is 18.8. The van der Waals surface area contributed by atoms with Gasteiger partial charge in [-0.1, -0.05) is 28.9 Å². The SMILES string of the molecule is COC(=O)c1cc(CN2C[C@H](c3cccc(OC)c3)N(c3ccc(Cl)cc3)S2(=O)=O)no1. The third-order valence-electron chi connectivity index (χ3n) is 5.08. The van der Waals surface area contributed by atoms with Gasteiger partial charge in [0.25, 0.3) is 0 Å². The number of nitrogens with zero attached hydrogens (tertiary/aromatic N) is 3. The number of hydrogen-bond donors (Lipinski definition) is 0. The van der Waals surface area contributed by atoms with Gasteiger partial charge in [0.2, 0.25) is 5.76 Å². The number of hydrogen-bond acceptors (Lipinski definition) is 7. The Kier molecular flexibility index (Phi) is 6.09. The van der Waals surface area contributed by atoms with Gasteiger partial charge in [-0.05, 0) is 42.0 Å². The number of anilines is 1. The minimum atomic E-state index is -3.94. The van der Waals surface area contributed by atoms with Crippen LogP contribution in [0.1, 0.15) is 27.9 Å². The van der Waals surface area contributed by atoms with Crippen LogP contribution in [0, 0.1) is 0 Å². The van der Waals surface area contributed by atoms with Crippen molar-refractivity contribution in [1.82, 2.24) is 9.46 Å². The van der Waals surface area contributed by atoms with Crippen LogP contribution in [0.3, 0.4) is 0 Å². The monoisotopic (exact) mass is 477 g/mol. The van der Waals surface area contributed by atoms with Crippen molar-refractivity contribution in [2.75, 3.05) is 25.1 Å². The number of esters is 1. The molecule has 1 saturated heterocycles. The molecular formula is C21H20ClN3O6S. The normalized spacial score (nSPS) is 18.0. The Morgan fingerprint density at radius 1 is 1.19 bits per heavy atom. The summed E-state index contributed by atoms with van der Waals surface area (Å²) in [5.41, 5.74) is 1.53. The summed E-state index contributed by atoms with van der Waals surface area (Å²) < 4.78 is 44.6. The molecule has 1 fully saturated rings. The lowest BCUT2D eigenvalue weighted by Gasteiger charge is -2.25. The predicted molar refractivity (Wildman–Crippen MR) is 117 cm³/mol. The molecule has 1 aliphatic rings.